The molecule has 1 N–H and O–H groups in total. The van der Waals surface area contributed by atoms with Crippen LogP contribution < -0.4 is 0 Å². The van der Waals surface area contributed by atoms with Crippen molar-refractivity contribution < 1.29 is 5.11 Å². The van der Waals surface area contributed by atoms with Crippen molar-refractivity contribution in [3.05, 3.63) is 35.4 Å². The van der Waals surface area contributed by atoms with E-state index in [1.165, 1.54) is 18.4 Å². The summed E-state index contributed by atoms with van der Waals surface area (Å²) in [5.74, 6) is 0. The Kier molecular flexibility index (Phi) is 4.79. The van der Waals surface area contributed by atoms with Crippen LogP contribution >= 0.6 is 0 Å². The van der Waals surface area contributed by atoms with Gasteiger partial charge in [-0.15, -0.1) is 0 Å². The lowest BCUT2D eigenvalue weighted by Gasteiger charge is -2.38. The van der Waals surface area contributed by atoms with Gasteiger partial charge in [0.1, 0.15) is 0 Å². The molecule has 0 radical (unpaired) electrons. The van der Waals surface area contributed by atoms with E-state index in [2.05, 4.69) is 63.8 Å². The van der Waals surface area contributed by atoms with Gasteiger partial charge in [0.25, 0.3) is 0 Å². The molecule has 2 rings (SSSR count). The smallest absolute Gasteiger partial charge is 0.0916 e. The predicted octanol–water partition coefficient (Wildman–Crippen LogP) is 4.14. The fourth-order valence-electron chi connectivity index (χ4n) is 3.26. The Morgan fingerprint density at radius 1 is 1.19 bits per heavy atom. The van der Waals surface area contributed by atoms with Crippen LogP contribution in [-0.2, 0) is 5.41 Å². The van der Waals surface area contributed by atoms with E-state index in [4.69, 9.17) is 0 Å². The zero-order chi connectivity index (χ0) is 15.7. The van der Waals surface area contributed by atoms with E-state index in [-0.39, 0.29) is 11.5 Å². The Balaban J connectivity index is 1.98. The molecule has 0 spiro atoms. The monoisotopic (exact) mass is 289 g/mol. The lowest BCUT2D eigenvalue weighted by atomic mass is 9.84. The minimum absolute atomic E-state index is 0.167. The molecular weight excluding hydrogens is 258 g/mol. The van der Waals surface area contributed by atoms with E-state index in [1.807, 2.05) is 0 Å². The summed E-state index contributed by atoms with van der Waals surface area (Å²) in [6.07, 6.45) is 2.15. The second-order valence-electron chi connectivity index (χ2n) is 8.39. The van der Waals surface area contributed by atoms with Gasteiger partial charge < -0.3 is 5.11 Å². The number of aliphatic hydroxyl groups is 1. The fraction of sp³-hybridized carbons (Fsp3) is 0.684. The van der Waals surface area contributed by atoms with Gasteiger partial charge in [-0.3, -0.25) is 4.90 Å². The second-order valence-corrected chi connectivity index (χ2v) is 8.39. The van der Waals surface area contributed by atoms with Gasteiger partial charge in [0.15, 0.2) is 0 Å². The molecule has 1 atom stereocenters. The molecule has 0 aliphatic carbocycles. The normalized spacial score (nSPS) is 21.2. The molecule has 0 amide bonds. The predicted molar refractivity (Wildman–Crippen MR) is 89.6 cm³/mol. The summed E-state index contributed by atoms with van der Waals surface area (Å²) in [6.45, 7) is 14.2. The van der Waals surface area contributed by atoms with E-state index in [0.717, 1.165) is 25.2 Å². The maximum absolute atomic E-state index is 10.5. The van der Waals surface area contributed by atoms with E-state index >= 15 is 0 Å². The van der Waals surface area contributed by atoms with Gasteiger partial charge in [0.05, 0.1) is 6.10 Å². The summed E-state index contributed by atoms with van der Waals surface area (Å²) >= 11 is 0. The molecule has 0 saturated carbocycles. The first-order chi connectivity index (χ1) is 9.67. The van der Waals surface area contributed by atoms with Crippen LogP contribution in [0.5, 0.6) is 0 Å². The summed E-state index contributed by atoms with van der Waals surface area (Å²) in [7, 11) is 0. The van der Waals surface area contributed by atoms with Gasteiger partial charge in [-0.1, -0.05) is 58.9 Å². The molecule has 0 bridgehead atoms. The standard InChI is InChI=1S/C19H31NO/c1-18(2,3)16-9-7-15(8-10-16)17(21)13-20-12-6-11-19(4,5)14-20/h7-10,17,21H,6,11-14H2,1-5H3. The van der Waals surface area contributed by atoms with Crippen LogP contribution in [0.25, 0.3) is 0 Å². The van der Waals surface area contributed by atoms with Gasteiger partial charge in [-0.25, -0.2) is 0 Å². The molecule has 2 heteroatoms. The van der Waals surface area contributed by atoms with Crippen molar-refractivity contribution in [2.75, 3.05) is 19.6 Å². The lowest BCUT2D eigenvalue weighted by molar-refractivity contribution is 0.0598. The summed E-state index contributed by atoms with van der Waals surface area (Å²) < 4.78 is 0. The number of β-amino-alcohol motifs (C(OH)–C–C–N with tert-alkyl or cyclic N) is 1. The first-order valence-electron chi connectivity index (χ1n) is 8.18. The highest BCUT2D eigenvalue weighted by Gasteiger charge is 2.27. The molecule has 1 aliphatic heterocycles. The number of nitrogens with zero attached hydrogens (tertiary/aromatic N) is 1. The summed E-state index contributed by atoms with van der Waals surface area (Å²) in [5.41, 5.74) is 2.90. The van der Waals surface area contributed by atoms with Crippen molar-refractivity contribution >= 4 is 0 Å². The molecule has 0 aromatic heterocycles. The van der Waals surface area contributed by atoms with Gasteiger partial charge in [0, 0.05) is 13.1 Å². The highest BCUT2D eigenvalue weighted by molar-refractivity contribution is 5.28. The van der Waals surface area contributed by atoms with Crippen LogP contribution in [0.3, 0.4) is 0 Å². The minimum Gasteiger partial charge on any atom is -0.387 e. The van der Waals surface area contributed by atoms with Crippen LogP contribution in [0.15, 0.2) is 24.3 Å². The van der Waals surface area contributed by atoms with Gasteiger partial charge in [0.2, 0.25) is 0 Å². The summed E-state index contributed by atoms with van der Waals surface area (Å²) in [4.78, 5) is 2.41. The van der Waals surface area contributed by atoms with Crippen LogP contribution in [0.4, 0.5) is 0 Å². The number of rotatable bonds is 3. The van der Waals surface area contributed by atoms with E-state index < -0.39 is 0 Å². The number of piperidine rings is 1. The number of hydrogen-bond acceptors (Lipinski definition) is 2. The number of benzene rings is 1. The SMILES string of the molecule is CC1(C)CCCN(CC(O)c2ccc(C(C)(C)C)cc2)C1. The Morgan fingerprint density at radius 2 is 1.81 bits per heavy atom. The van der Waals surface area contributed by atoms with Gasteiger partial charge in [-0.05, 0) is 41.3 Å². The average molecular weight is 289 g/mol. The Hall–Kier alpha value is -0.860. The fourth-order valence-corrected chi connectivity index (χ4v) is 3.26. The molecular formula is C19H31NO. The summed E-state index contributed by atoms with van der Waals surface area (Å²) in [5, 5.41) is 10.5. The third-order valence-electron chi connectivity index (χ3n) is 4.57. The second kappa shape index (κ2) is 6.10. The van der Waals surface area contributed by atoms with E-state index in [0.29, 0.717) is 5.41 Å². The first-order valence-corrected chi connectivity index (χ1v) is 8.18. The number of likely N-dealkylation sites (tertiary alicyclic amines) is 1. The highest BCUT2D eigenvalue weighted by Crippen LogP contribution is 2.30. The lowest BCUT2D eigenvalue weighted by Crippen LogP contribution is -2.41. The molecule has 1 saturated heterocycles. The molecule has 21 heavy (non-hydrogen) atoms. The Labute approximate surface area is 130 Å². The van der Waals surface area contributed by atoms with Gasteiger partial charge in [-0.2, -0.15) is 0 Å². The van der Waals surface area contributed by atoms with Crippen LogP contribution in [0.2, 0.25) is 0 Å². The number of hydrogen-bond donors (Lipinski definition) is 1. The quantitative estimate of drug-likeness (QED) is 0.904. The molecule has 1 aromatic carbocycles. The molecule has 1 aliphatic rings. The third-order valence-corrected chi connectivity index (χ3v) is 4.57. The Bertz CT molecular complexity index is 455. The highest BCUT2D eigenvalue weighted by atomic mass is 16.3. The molecule has 1 unspecified atom stereocenters. The van der Waals surface area contributed by atoms with Crippen molar-refractivity contribution in [1.29, 1.82) is 0 Å². The van der Waals surface area contributed by atoms with Crippen molar-refractivity contribution in [2.24, 2.45) is 5.41 Å². The van der Waals surface area contributed by atoms with Crippen molar-refractivity contribution in [3.63, 3.8) is 0 Å². The van der Waals surface area contributed by atoms with Crippen molar-refractivity contribution in [2.45, 2.75) is 59.0 Å². The topological polar surface area (TPSA) is 23.5 Å². The van der Waals surface area contributed by atoms with Crippen molar-refractivity contribution in [1.82, 2.24) is 4.90 Å². The molecule has 1 fully saturated rings. The molecule has 1 heterocycles. The van der Waals surface area contributed by atoms with E-state index in [1.54, 1.807) is 0 Å². The molecule has 2 nitrogen and oxygen atoms in total. The van der Waals surface area contributed by atoms with E-state index in [9.17, 15) is 5.11 Å². The largest absolute Gasteiger partial charge is 0.387 e. The summed E-state index contributed by atoms with van der Waals surface area (Å²) in [6, 6.07) is 8.47. The maximum atomic E-state index is 10.5. The zero-order valence-corrected chi connectivity index (χ0v) is 14.3. The zero-order valence-electron chi connectivity index (χ0n) is 14.3. The molecule has 1 aromatic rings. The van der Waals surface area contributed by atoms with Crippen molar-refractivity contribution in [3.8, 4) is 0 Å². The first kappa shape index (κ1) is 16.5. The Morgan fingerprint density at radius 3 is 2.33 bits per heavy atom. The average Bonchev–Trinajstić information content (AvgIpc) is 2.36. The van der Waals surface area contributed by atoms with Crippen LogP contribution in [0, 0.1) is 5.41 Å². The van der Waals surface area contributed by atoms with Crippen LogP contribution in [0.1, 0.15) is 64.7 Å². The number of aliphatic hydroxyl groups excluding tert-OH is 1. The van der Waals surface area contributed by atoms with Gasteiger partial charge >= 0.3 is 0 Å². The third kappa shape index (κ3) is 4.55. The maximum Gasteiger partial charge on any atom is 0.0916 e. The van der Waals surface area contributed by atoms with Crippen LogP contribution in [-0.4, -0.2) is 29.6 Å². The molecule has 118 valence electrons. The minimum atomic E-state index is -0.382.